The van der Waals surface area contributed by atoms with Gasteiger partial charge in [-0.1, -0.05) is 12.1 Å². The first kappa shape index (κ1) is 15.0. The average molecular weight is 314 g/mol. The zero-order chi connectivity index (χ0) is 15.6. The second-order valence-corrected chi connectivity index (χ2v) is 7.01. The quantitative estimate of drug-likeness (QED) is 0.813. The fourth-order valence-corrected chi connectivity index (χ4v) is 4.26. The number of nitrogens with one attached hydrogen (secondary N) is 3. The number of H-pyrrole nitrogens is 1. The molecule has 0 bridgehead atoms. The number of para-hydroxylation sites is 2. The standard InChI is InChI=1S/C18H26N4O/c23-18-21-16-3-1-2-4-17(16)22(18)15-7-5-13(6-8-15)20-14-9-11-19-12-10-14/h1-4,13-15,19-20H,5-12H2,(H,21,23)/t13-,15-. The minimum atomic E-state index is 0.0426. The number of rotatable bonds is 3. The summed E-state index contributed by atoms with van der Waals surface area (Å²) in [4.78, 5) is 15.3. The van der Waals surface area contributed by atoms with Crippen molar-refractivity contribution in [2.24, 2.45) is 0 Å². The summed E-state index contributed by atoms with van der Waals surface area (Å²) in [6.07, 6.45) is 6.99. The maximum atomic E-state index is 12.3. The molecule has 1 aromatic carbocycles. The molecule has 124 valence electrons. The SMILES string of the molecule is O=c1[nH]c2ccccc2n1[C@H]1CC[C@H](NC2CCNCC2)CC1. The van der Waals surface area contributed by atoms with Crippen LogP contribution in [0.15, 0.2) is 29.1 Å². The Balaban J connectivity index is 1.42. The number of hydrogen-bond acceptors (Lipinski definition) is 3. The maximum Gasteiger partial charge on any atom is 0.326 e. The van der Waals surface area contributed by atoms with Crippen molar-refractivity contribution in [2.45, 2.75) is 56.7 Å². The fraction of sp³-hybridized carbons (Fsp3) is 0.611. The van der Waals surface area contributed by atoms with Gasteiger partial charge in [-0.25, -0.2) is 4.79 Å². The van der Waals surface area contributed by atoms with Crippen LogP contribution in [0.2, 0.25) is 0 Å². The van der Waals surface area contributed by atoms with Crippen LogP contribution < -0.4 is 16.3 Å². The smallest absolute Gasteiger partial charge is 0.317 e. The van der Waals surface area contributed by atoms with Gasteiger partial charge in [0.1, 0.15) is 0 Å². The molecule has 4 rings (SSSR count). The Kier molecular flexibility index (Phi) is 4.23. The van der Waals surface area contributed by atoms with Crippen molar-refractivity contribution >= 4 is 11.0 Å². The van der Waals surface area contributed by atoms with Crippen molar-refractivity contribution < 1.29 is 0 Å². The summed E-state index contributed by atoms with van der Waals surface area (Å²) in [6.45, 7) is 2.27. The normalized spacial score (nSPS) is 26.6. The van der Waals surface area contributed by atoms with Crippen LogP contribution in [-0.4, -0.2) is 34.7 Å². The van der Waals surface area contributed by atoms with Gasteiger partial charge < -0.3 is 15.6 Å². The predicted octanol–water partition coefficient (Wildman–Crippen LogP) is 2.15. The number of nitrogens with zero attached hydrogens (tertiary/aromatic N) is 1. The van der Waals surface area contributed by atoms with E-state index in [4.69, 9.17) is 0 Å². The molecule has 0 amide bonds. The molecule has 1 aromatic heterocycles. The van der Waals surface area contributed by atoms with Gasteiger partial charge in [0.2, 0.25) is 0 Å². The zero-order valence-electron chi connectivity index (χ0n) is 13.6. The fourth-order valence-electron chi connectivity index (χ4n) is 4.26. The lowest BCUT2D eigenvalue weighted by atomic mass is 9.89. The largest absolute Gasteiger partial charge is 0.326 e. The van der Waals surface area contributed by atoms with Gasteiger partial charge in [-0.3, -0.25) is 4.57 Å². The van der Waals surface area contributed by atoms with Crippen LogP contribution in [0.5, 0.6) is 0 Å². The van der Waals surface area contributed by atoms with Crippen LogP contribution in [-0.2, 0) is 0 Å². The van der Waals surface area contributed by atoms with Gasteiger partial charge in [-0.2, -0.15) is 0 Å². The second kappa shape index (κ2) is 6.49. The van der Waals surface area contributed by atoms with Crippen molar-refractivity contribution in [1.82, 2.24) is 20.2 Å². The molecule has 1 aliphatic carbocycles. The lowest BCUT2D eigenvalue weighted by Crippen LogP contribution is -2.46. The molecule has 5 heteroatoms. The van der Waals surface area contributed by atoms with Crippen molar-refractivity contribution in [3.63, 3.8) is 0 Å². The number of fused-ring (bicyclic) bond motifs is 1. The highest BCUT2D eigenvalue weighted by molar-refractivity contribution is 5.75. The Morgan fingerprint density at radius 2 is 1.65 bits per heavy atom. The minimum Gasteiger partial charge on any atom is -0.317 e. The Hall–Kier alpha value is -1.59. The van der Waals surface area contributed by atoms with Gasteiger partial charge in [0, 0.05) is 18.1 Å². The average Bonchev–Trinajstić information content (AvgIpc) is 2.92. The van der Waals surface area contributed by atoms with Crippen molar-refractivity contribution in [3.8, 4) is 0 Å². The van der Waals surface area contributed by atoms with Crippen LogP contribution in [0.3, 0.4) is 0 Å². The van der Waals surface area contributed by atoms with Gasteiger partial charge in [0.15, 0.2) is 0 Å². The van der Waals surface area contributed by atoms with E-state index in [1.54, 1.807) is 0 Å². The summed E-state index contributed by atoms with van der Waals surface area (Å²) < 4.78 is 1.98. The molecule has 0 atom stereocenters. The molecule has 0 radical (unpaired) electrons. The van der Waals surface area contributed by atoms with Gasteiger partial charge in [0.05, 0.1) is 11.0 Å². The monoisotopic (exact) mass is 314 g/mol. The molecule has 1 saturated heterocycles. The molecule has 5 nitrogen and oxygen atoms in total. The third-order valence-electron chi connectivity index (χ3n) is 5.50. The predicted molar refractivity (Wildman–Crippen MR) is 92.9 cm³/mol. The topological polar surface area (TPSA) is 61.9 Å². The molecule has 1 saturated carbocycles. The molecule has 2 fully saturated rings. The molecule has 2 aromatic rings. The second-order valence-electron chi connectivity index (χ2n) is 7.01. The van der Waals surface area contributed by atoms with Crippen molar-refractivity contribution in [3.05, 3.63) is 34.7 Å². The summed E-state index contributed by atoms with van der Waals surface area (Å²) in [5.74, 6) is 0. The lowest BCUT2D eigenvalue weighted by Gasteiger charge is -2.34. The van der Waals surface area contributed by atoms with Gasteiger partial charge >= 0.3 is 5.69 Å². The van der Waals surface area contributed by atoms with Crippen molar-refractivity contribution in [2.75, 3.05) is 13.1 Å². The van der Waals surface area contributed by atoms with E-state index in [2.05, 4.69) is 15.6 Å². The summed E-state index contributed by atoms with van der Waals surface area (Å²) in [7, 11) is 0. The molecule has 0 unspecified atom stereocenters. The van der Waals surface area contributed by atoms with E-state index in [-0.39, 0.29) is 5.69 Å². The van der Waals surface area contributed by atoms with Crippen molar-refractivity contribution in [1.29, 1.82) is 0 Å². The number of imidazole rings is 1. The van der Waals surface area contributed by atoms with Gasteiger partial charge in [-0.05, 0) is 63.7 Å². The minimum absolute atomic E-state index is 0.0426. The zero-order valence-corrected chi connectivity index (χ0v) is 13.6. The van der Waals surface area contributed by atoms with Crippen LogP contribution >= 0.6 is 0 Å². The Labute approximate surface area is 136 Å². The number of benzene rings is 1. The highest BCUT2D eigenvalue weighted by Gasteiger charge is 2.26. The Morgan fingerprint density at radius 1 is 0.957 bits per heavy atom. The Bertz CT molecular complexity index is 705. The number of piperidine rings is 1. The molecule has 23 heavy (non-hydrogen) atoms. The molecule has 2 aliphatic rings. The van der Waals surface area contributed by atoms with Crippen LogP contribution in [0.1, 0.15) is 44.6 Å². The highest BCUT2D eigenvalue weighted by Crippen LogP contribution is 2.30. The first-order chi connectivity index (χ1) is 11.3. The molecule has 2 heterocycles. The number of aromatic nitrogens is 2. The van der Waals surface area contributed by atoms with E-state index >= 15 is 0 Å². The highest BCUT2D eigenvalue weighted by atomic mass is 16.1. The molecule has 3 N–H and O–H groups in total. The molecule has 0 spiro atoms. The summed E-state index contributed by atoms with van der Waals surface area (Å²) in [5, 5.41) is 7.26. The number of aromatic amines is 1. The van der Waals surface area contributed by atoms with E-state index < -0.39 is 0 Å². The van der Waals surface area contributed by atoms with Gasteiger partial charge in [0.25, 0.3) is 0 Å². The third-order valence-corrected chi connectivity index (χ3v) is 5.50. The number of hydrogen-bond donors (Lipinski definition) is 3. The van der Waals surface area contributed by atoms with E-state index in [1.807, 2.05) is 28.8 Å². The lowest BCUT2D eigenvalue weighted by molar-refractivity contribution is 0.256. The van der Waals surface area contributed by atoms with E-state index in [0.717, 1.165) is 37.0 Å². The van der Waals surface area contributed by atoms with Crippen LogP contribution in [0, 0.1) is 0 Å². The van der Waals surface area contributed by atoms with Crippen LogP contribution in [0.4, 0.5) is 0 Å². The molecular weight excluding hydrogens is 288 g/mol. The third kappa shape index (κ3) is 3.08. The van der Waals surface area contributed by atoms with E-state index in [1.165, 1.54) is 25.7 Å². The Morgan fingerprint density at radius 3 is 2.43 bits per heavy atom. The summed E-state index contributed by atoms with van der Waals surface area (Å²) in [6, 6.07) is 9.65. The first-order valence-electron chi connectivity index (χ1n) is 8.97. The van der Waals surface area contributed by atoms with E-state index in [0.29, 0.717) is 18.1 Å². The first-order valence-corrected chi connectivity index (χ1v) is 8.97. The molecule has 1 aliphatic heterocycles. The molecular formula is C18H26N4O. The van der Waals surface area contributed by atoms with E-state index in [9.17, 15) is 4.79 Å². The summed E-state index contributed by atoms with van der Waals surface area (Å²) in [5.41, 5.74) is 2.04. The van der Waals surface area contributed by atoms with Crippen LogP contribution in [0.25, 0.3) is 11.0 Å². The maximum absolute atomic E-state index is 12.3. The van der Waals surface area contributed by atoms with Gasteiger partial charge in [-0.15, -0.1) is 0 Å². The summed E-state index contributed by atoms with van der Waals surface area (Å²) >= 11 is 0.